The normalized spacial score (nSPS) is 27.1. The van der Waals surface area contributed by atoms with Crippen molar-refractivity contribution in [1.82, 2.24) is 4.90 Å². The maximum Gasteiger partial charge on any atom is 0.320 e. The van der Waals surface area contributed by atoms with E-state index in [9.17, 15) is 4.79 Å². The largest absolute Gasteiger partial charge is 0.465 e. The second-order valence-electron chi connectivity index (χ2n) is 6.22. The first-order valence-corrected chi connectivity index (χ1v) is 8.14. The lowest BCUT2D eigenvalue weighted by Crippen LogP contribution is -2.51. The summed E-state index contributed by atoms with van der Waals surface area (Å²) < 4.78 is 5.12. The van der Waals surface area contributed by atoms with Crippen molar-refractivity contribution in [3.63, 3.8) is 0 Å². The SMILES string of the molecule is CCOC(=O)CN(C(C)C)C1CC(CC)CCC1CN. The van der Waals surface area contributed by atoms with Crippen molar-refractivity contribution in [3.8, 4) is 0 Å². The van der Waals surface area contributed by atoms with E-state index in [4.69, 9.17) is 10.5 Å². The zero-order chi connectivity index (χ0) is 15.1. The molecule has 1 rings (SSSR count). The Bertz CT molecular complexity index is 294. The molecule has 0 bridgehead atoms. The lowest BCUT2D eigenvalue weighted by atomic mass is 9.76. The Labute approximate surface area is 124 Å². The Morgan fingerprint density at radius 3 is 2.55 bits per heavy atom. The van der Waals surface area contributed by atoms with Crippen LogP contribution in [0.15, 0.2) is 0 Å². The number of esters is 1. The van der Waals surface area contributed by atoms with Gasteiger partial charge in [-0.25, -0.2) is 0 Å². The van der Waals surface area contributed by atoms with Crippen LogP contribution in [0.1, 0.15) is 53.4 Å². The molecule has 0 saturated heterocycles. The van der Waals surface area contributed by atoms with Crippen LogP contribution in [0.2, 0.25) is 0 Å². The third kappa shape index (κ3) is 4.74. The number of rotatable bonds is 7. The van der Waals surface area contributed by atoms with E-state index < -0.39 is 0 Å². The van der Waals surface area contributed by atoms with Crippen LogP contribution in [0.5, 0.6) is 0 Å². The van der Waals surface area contributed by atoms with Crippen LogP contribution in [0.3, 0.4) is 0 Å². The summed E-state index contributed by atoms with van der Waals surface area (Å²) in [6.07, 6.45) is 4.85. The minimum atomic E-state index is -0.115. The van der Waals surface area contributed by atoms with E-state index in [-0.39, 0.29) is 5.97 Å². The van der Waals surface area contributed by atoms with Gasteiger partial charge in [0.1, 0.15) is 0 Å². The van der Waals surface area contributed by atoms with E-state index in [0.717, 1.165) is 12.3 Å². The molecule has 4 heteroatoms. The number of hydrogen-bond donors (Lipinski definition) is 1. The lowest BCUT2D eigenvalue weighted by Gasteiger charge is -2.44. The van der Waals surface area contributed by atoms with Gasteiger partial charge in [-0.1, -0.05) is 19.8 Å². The molecule has 0 heterocycles. The second-order valence-corrected chi connectivity index (χ2v) is 6.22. The van der Waals surface area contributed by atoms with Gasteiger partial charge in [-0.3, -0.25) is 9.69 Å². The van der Waals surface area contributed by atoms with Gasteiger partial charge in [-0.15, -0.1) is 0 Å². The fourth-order valence-corrected chi connectivity index (χ4v) is 3.38. The highest BCUT2D eigenvalue weighted by atomic mass is 16.5. The average Bonchev–Trinajstić information content (AvgIpc) is 2.44. The number of nitrogens with zero attached hydrogens (tertiary/aromatic N) is 1. The Morgan fingerprint density at radius 2 is 2.05 bits per heavy atom. The monoisotopic (exact) mass is 284 g/mol. The number of carbonyl (C=O) groups excluding carboxylic acids is 1. The minimum Gasteiger partial charge on any atom is -0.465 e. The van der Waals surface area contributed by atoms with E-state index in [1.54, 1.807) is 0 Å². The molecule has 0 radical (unpaired) electrons. The van der Waals surface area contributed by atoms with Crippen molar-refractivity contribution in [3.05, 3.63) is 0 Å². The smallest absolute Gasteiger partial charge is 0.320 e. The van der Waals surface area contributed by atoms with Crippen LogP contribution in [0, 0.1) is 11.8 Å². The van der Waals surface area contributed by atoms with Gasteiger partial charge in [-0.2, -0.15) is 0 Å². The van der Waals surface area contributed by atoms with Crippen molar-refractivity contribution in [2.24, 2.45) is 17.6 Å². The molecule has 3 unspecified atom stereocenters. The van der Waals surface area contributed by atoms with Crippen LogP contribution >= 0.6 is 0 Å². The van der Waals surface area contributed by atoms with Crippen molar-refractivity contribution in [2.45, 2.75) is 65.5 Å². The molecule has 0 aromatic carbocycles. The first-order valence-electron chi connectivity index (χ1n) is 8.14. The molecule has 2 N–H and O–H groups in total. The molecule has 1 aliphatic rings. The summed E-state index contributed by atoms with van der Waals surface area (Å²) in [6, 6.07) is 0.761. The maximum atomic E-state index is 11.9. The van der Waals surface area contributed by atoms with Crippen LogP contribution in [-0.4, -0.2) is 42.6 Å². The van der Waals surface area contributed by atoms with Gasteiger partial charge in [0.05, 0.1) is 13.2 Å². The molecule has 4 nitrogen and oxygen atoms in total. The van der Waals surface area contributed by atoms with Crippen molar-refractivity contribution in [1.29, 1.82) is 0 Å². The van der Waals surface area contributed by atoms with E-state index >= 15 is 0 Å². The van der Waals surface area contributed by atoms with Gasteiger partial charge in [0.2, 0.25) is 0 Å². The molecule has 0 aliphatic heterocycles. The Hall–Kier alpha value is -0.610. The fourth-order valence-electron chi connectivity index (χ4n) is 3.38. The molecule has 1 aliphatic carbocycles. The van der Waals surface area contributed by atoms with Crippen molar-refractivity contribution < 1.29 is 9.53 Å². The summed E-state index contributed by atoms with van der Waals surface area (Å²) >= 11 is 0. The first-order chi connectivity index (χ1) is 9.53. The highest BCUT2D eigenvalue weighted by Crippen LogP contribution is 2.34. The number of carbonyl (C=O) groups is 1. The van der Waals surface area contributed by atoms with Gasteiger partial charge in [0.25, 0.3) is 0 Å². The molecule has 0 spiro atoms. The molecule has 0 aromatic rings. The third-order valence-corrected chi connectivity index (χ3v) is 4.65. The Balaban J connectivity index is 2.77. The quantitative estimate of drug-likeness (QED) is 0.729. The first kappa shape index (κ1) is 17.4. The van der Waals surface area contributed by atoms with Crippen LogP contribution < -0.4 is 5.73 Å². The van der Waals surface area contributed by atoms with Gasteiger partial charge in [-0.05, 0) is 52.0 Å². The van der Waals surface area contributed by atoms with Gasteiger partial charge in [0.15, 0.2) is 0 Å². The zero-order valence-corrected chi connectivity index (χ0v) is 13.6. The molecule has 118 valence electrons. The number of hydrogen-bond acceptors (Lipinski definition) is 4. The topological polar surface area (TPSA) is 55.6 Å². The molecular formula is C16H32N2O2. The highest BCUT2D eigenvalue weighted by molar-refractivity contribution is 5.71. The average molecular weight is 284 g/mol. The van der Waals surface area contributed by atoms with Crippen molar-refractivity contribution in [2.75, 3.05) is 19.7 Å². The molecule has 1 saturated carbocycles. The summed E-state index contributed by atoms with van der Waals surface area (Å²) in [7, 11) is 0. The summed E-state index contributed by atoms with van der Waals surface area (Å²) in [5, 5.41) is 0. The maximum absolute atomic E-state index is 11.9. The van der Waals surface area contributed by atoms with Crippen LogP contribution in [-0.2, 0) is 9.53 Å². The Morgan fingerprint density at radius 1 is 1.35 bits per heavy atom. The summed E-state index contributed by atoms with van der Waals surface area (Å²) in [4.78, 5) is 14.2. The standard InChI is InChI=1S/C16H32N2O2/c1-5-13-7-8-14(10-17)15(9-13)18(12(3)4)11-16(19)20-6-2/h12-15H,5-11,17H2,1-4H3. The predicted octanol–water partition coefficient (Wildman–Crippen LogP) is 2.41. The van der Waals surface area contributed by atoms with Crippen molar-refractivity contribution >= 4 is 5.97 Å². The van der Waals surface area contributed by atoms with Crippen LogP contribution in [0.25, 0.3) is 0 Å². The molecule has 20 heavy (non-hydrogen) atoms. The molecule has 0 aromatic heterocycles. The summed E-state index contributed by atoms with van der Waals surface area (Å²) in [5.74, 6) is 1.16. The van der Waals surface area contributed by atoms with Crippen LogP contribution in [0.4, 0.5) is 0 Å². The molecular weight excluding hydrogens is 252 g/mol. The lowest BCUT2D eigenvalue weighted by molar-refractivity contribution is -0.146. The molecule has 3 atom stereocenters. The second kappa shape index (κ2) is 8.63. The summed E-state index contributed by atoms with van der Waals surface area (Å²) in [5.41, 5.74) is 5.97. The molecule has 0 amide bonds. The fraction of sp³-hybridized carbons (Fsp3) is 0.938. The zero-order valence-electron chi connectivity index (χ0n) is 13.6. The predicted molar refractivity (Wildman–Crippen MR) is 82.4 cm³/mol. The Kier molecular flexibility index (Phi) is 7.52. The van der Waals surface area contributed by atoms with E-state index in [1.807, 2.05) is 6.92 Å². The number of ether oxygens (including phenoxy) is 1. The molecule has 1 fully saturated rings. The number of nitrogens with two attached hydrogens (primary N) is 1. The minimum absolute atomic E-state index is 0.115. The van der Waals surface area contributed by atoms with Gasteiger partial charge < -0.3 is 10.5 Å². The van der Waals surface area contributed by atoms with Gasteiger partial charge in [0, 0.05) is 12.1 Å². The van der Waals surface area contributed by atoms with E-state index in [2.05, 4.69) is 25.7 Å². The summed E-state index contributed by atoms with van der Waals surface area (Å²) in [6.45, 7) is 9.98. The van der Waals surface area contributed by atoms with E-state index in [0.29, 0.717) is 37.7 Å². The van der Waals surface area contributed by atoms with Gasteiger partial charge >= 0.3 is 5.97 Å². The third-order valence-electron chi connectivity index (χ3n) is 4.65. The van der Waals surface area contributed by atoms with E-state index in [1.165, 1.54) is 19.3 Å². The highest BCUT2D eigenvalue weighted by Gasteiger charge is 2.35.